The van der Waals surface area contributed by atoms with E-state index in [9.17, 15) is 8.42 Å². The van der Waals surface area contributed by atoms with E-state index < -0.39 is 10.0 Å². The molecule has 0 fully saturated rings. The van der Waals surface area contributed by atoms with E-state index in [0.29, 0.717) is 5.75 Å². The fourth-order valence-electron chi connectivity index (χ4n) is 2.54. The number of fused-ring (bicyclic) bond motifs is 1. The zero-order valence-corrected chi connectivity index (χ0v) is 14.6. The molecule has 24 heavy (non-hydrogen) atoms. The second-order valence-corrected chi connectivity index (χ2v) is 7.39. The molecule has 0 saturated heterocycles. The summed E-state index contributed by atoms with van der Waals surface area (Å²) >= 11 is 0. The number of sulfonamides is 1. The van der Waals surface area contributed by atoms with Gasteiger partial charge in [0.05, 0.1) is 24.5 Å². The Balaban J connectivity index is 1.85. The van der Waals surface area contributed by atoms with E-state index >= 15 is 0 Å². The van der Waals surface area contributed by atoms with Crippen LogP contribution >= 0.6 is 0 Å². The number of aryl methyl sites for hydroxylation is 2. The second-order valence-electron chi connectivity index (χ2n) is 5.66. The summed E-state index contributed by atoms with van der Waals surface area (Å²) in [7, 11) is -0.297. The highest BCUT2D eigenvalue weighted by molar-refractivity contribution is 7.89. The zero-order chi connectivity index (χ0) is 17.3. The van der Waals surface area contributed by atoms with Crippen molar-refractivity contribution in [2.24, 2.45) is 7.05 Å². The van der Waals surface area contributed by atoms with Gasteiger partial charge >= 0.3 is 0 Å². The summed E-state index contributed by atoms with van der Waals surface area (Å²) in [5, 5.41) is 0. The second kappa shape index (κ2) is 6.26. The third-order valence-electron chi connectivity index (χ3n) is 3.86. The zero-order valence-electron chi connectivity index (χ0n) is 13.8. The van der Waals surface area contributed by atoms with Crippen LogP contribution in [0.4, 0.5) is 0 Å². The molecule has 0 radical (unpaired) electrons. The third kappa shape index (κ3) is 3.13. The lowest BCUT2D eigenvalue weighted by atomic mass is 10.2. The summed E-state index contributed by atoms with van der Waals surface area (Å²) < 4.78 is 34.9. The van der Waals surface area contributed by atoms with Crippen molar-refractivity contribution in [3.05, 3.63) is 53.9 Å². The topological polar surface area (TPSA) is 73.2 Å². The van der Waals surface area contributed by atoms with Crippen LogP contribution in [0.3, 0.4) is 0 Å². The Morgan fingerprint density at radius 2 is 2.00 bits per heavy atom. The predicted octanol–water partition coefficient (Wildman–Crippen LogP) is 2.37. The highest BCUT2D eigenvalue weighted by Gasteiger charge is 2.19. The van der Waals surface area contributed by atoms with Gasteiger partial charge in [-0.05, 0) is 42.3 Å². The predicted molar refractivity (Wildman–Crippen MR) is 92.5 cm³/mol. The summed E-state index contributed by atoms with van der Waals surface area (Å²) in [6.07, 6.45) is 1.73. The van der Waals surface area contributed by atoms with Gasteiger partial charge < -0.3 is 9.30 Å². The van der Waals surface area contributed by atoms with Gasteiger partial charge in [-0.15, -0.1) is 0 Å². The number of ether oxygens (including phenoxy) is 1. The minimum Gasteiger partial charge on any atom is -0.495 e. The van der Waals surface area contributed by atoms with Crippen molar-refractivity contribution < 1.29 is 13.2 Å². The Morgan fingerprint density at radius 3 is 2.75 bits per heavy atom. The van der Waals surface area contributed by atoms with Gasteiger partial charge in [-0.2, -0.15) is 0 Å². The Morgan fingerprint density at radius 1 is 1.21 bits per heavy atom. The molecule has 0 spiro atoms. The molecule has 0 unspecified atom stereocenters. The molecule has 126 valence electrons. The SMILES string of the molecule is COc1ccc(C)cc1S(=O)(=O)NCc1ccc2c(c1)ncn2C. The molecule has 2 aromatic carbocycles. The smallest absolute Gasteiger partial charge is 0.244 e. The molecule has 1 heterocycles. The Bertz CT molecular complexity index is 993. The van der Waals surface area contributed by atoms with Gasteiger partial charge in [0.2, 0.25) is 10.0 Å². The van der Waals surface area contributed by atoms with Crippen LogP contribution in [0.25, 0.3) is 11.0 Å². The van der Waals surface area contributed by atoms with Crippen molar-refractivity contribution in [2.75, 3.05) is 7.11 Å². The fraction of sp³-hybridized carbons (Fsp3) is 0.235. The van der Waals surface area contributed by atoms with Gasteiger partial charge in [0.1, 0.15) is 10.6 Å². The highest BCUT2D eigenvalue weighted by Crippen LogP contribution is 2.24. The highest BCUT2D eigenvalue weighted by atomic mass is 32.2. The maximum Gasteiger partial charge on any atom is 0.244 e. The van der Waals surface area contributed by atoms with E-state index in [4.69, 9.17) is 4.74 Å². The first kappa shape index (κ1) is 16.5. The first-order valence-corrected chi connectivity index (χ1v) is 8.93. The van der Waals surface area contributed by atoms with Crippen LogP contribution in [-0.4, -0.2) is 25.1 Å². The first-order valence-electron chi connectivity index (χ1n) is 7.45. The number of hydrogen-bond acceptors (Lipinski definition) is 4. The Labute approximate surface area is 141 Å². The molecule has 0 aliphatic heterocycles. The van der Waals surface area contributed by atoms with Gasteiger partial charge in [-0.25, -0.2) is 18.1 Å². The summed E-state index contributed by atoms with van der Waals surface area (Å²) in [5.74, 6) is 0.327. The Kier molecular flexibility index (Phi) is 4.29. The van der Waals surface area contributed by atoms with Crippen LogP contribution in [0, 0.1) is 6.92 Å². The lowest BCUT2D eigenvalue weighted by Crippen LogP contribution is -2.23. The molecule has 0 aliphatic rings. The molecule has 0 saturated carbocycles. The summed E-state index contributed by atoms with van der Waals surface area (Å²) in [4.78, 5) is 4.43. The third-order valence-corrected chi connectivity index (χ3v) is 5.29. The van der Waals surface area contributed by atoms with Crippen LogP contribution < -0.4 is 9.46 Å². The molecule has 3 rings (SSSR count). The molecule has 0 amide bonds. The van der Waals surface area contributed by atoms with Crippen molar-refractivity contribution >= 4 is 21.1 Å². The molecular weight excluding hydrogens is 326 g/mol. The van der Waals surface area contributed by atoms with Crippen molar-refractivity contribution in [1.29, 1.82) is 0 Å². The fourth-order valence-corrected chi connectivity index (χ4v) is 3.81. The lowest BCUT2D eigenvalue weighted by Gasteiger charge is -2.11. The Hall–Kier alpha value is -2.38. The van der Waals surface area contributed by atoms with E-state index in [1.807, 2.05) is 42.8 Å². The molecule has 6 nitrogen and oxygen atoms in total. The first-order chi connectivity index (χ1) is 11.4. The van der Waals surface area contributed by atoms with Crippen LogP contribution in [0.5, 0.6) is 5.75 Å². The van der Waals surface area contributed by atoms with Crippen molar-refractivity contribution in [3.8, 4) is 5.75 Å². The number of nitrogens with zero attached hydrogens (tertiary/aromatic N) is 2. The monoisotopic (exact) mass is 345 g/mol. The number of benzene rings is 2. The maximum atomic E-state index is 12.6. The molecule has 3 aromatic rings. The van der Waals surface area contributed by atoms with Crippen LogP contribution in [0.1, 0.15) is 11.1 Å². The molecule has 1 N–H and O–H groups in total. The minimum atomic E-state index is -3.67. The van der Waals surface area contributed by atoms with Gasteiger partial charge in [0, 0.05) is 13.6 Å². The van der Waals surface area contributed by atoms with Crippen molar-refractivity contribution in [2.45, 2.75) is 18.4 Å². The molecule has 7 heteroatoms. The number of aromatic nitrogens is 2. The summed E-state index contributed by atoms with van der Waals surface area (Å²) in [5.41, 5.74) is 3.53. The average molecular weight is 345 g/mol. The summed E-state index contributed by atoms with van der Waals surface area (Å²) in [6.45, 7) is 2.03. The van der Waals surface area contributed by atoms with E-state index in [-0.39, 0.29) is 11.4 Å². The van der Waals surface area contributed by atoms with Crippen LogP contribution in [-0.2, 0) is 23.6 Å². The maximum absolute atomic E-state index is 12.6. The number of nitrogens with one attached hydrogen (secondary N) is 1. The largest absolute Gasteiger partial charge is 0.495 e. The standard InChI is InChI=1S/C17H19N3O3S/c1-12-4-7-16(23-3)17(8-12)24(21,22)19-10-13-5-6-15-14(9-13)18-11-20(15)2/h4-9,11,19H,10H2,1-3H3. The van der Waals surface area contributed by atoms with Gasteiger partial charge in [0.15, 0.2) is 0 Å². The number of rotatable bonds is 5. The van der Waals surface area contributed by atoms with Crippen molar-refractivity contribution in [3.63, 3.8) is 0 Å². The number of methoxy groups -OCH3 is 1. The lowest BCUT2D eigenvalue weighted by molar-refractivity contribution is 0.402. The number of imidazole rings is 1. The van der Waals surface area contributed by atoms with E-state index in [1.54, 1.807) is 18.5 Å². The molecule has 1 aromatic heterocycles. The van der Waals surface area contributed by atoms with E-state index in [1.165, 1.54) is 7.11 Å². The van der Waals surface area contributed by atoms with E-state index in [0.717, 1.165) is 22.2 Å². The van der Waals surface area contributed by atoms with E-state index in [2.05, 4.69) is 9.71 Å². The van der Waals surface area contributed by atoms with Crippen LogP contribution in [0.2, 0.25) is 0 Å². The quantitative estimate of drug-likeness (QED) is 0.770. The molecule has 0 bridgehead atoms. The molecule has 0 aliphatic carbocycles. The molecular formula is C17H19N3O3S. The normalized spacial score (nSPS) is 11.8. The van der Waals surface area contributed by atoms with Gasteiger partial charge in [0.25, 0.3) is 0 Å². The number of hydrogen-bond donors (Lipinski definition) is 1. The van der Waals surface area contributed by atoms with Crippen molar-refractivity contribution in [1.82, 2.24) is 14.3 Å². The molecule has 0 atom stereocenters. The van der Waals surface area contributed by atoms with Gasteiger partial charge in [-0.1, -0.05) is 12.1 Å². The average Bonchev–Trinajstić information content (AvgIpc) is 2.94. The summed E-state index contributed by atoms with van der Waals surface area (Å²) in [6, 6.07) is 10.8. The van der Waals surface area contributed by atoms with Gasteiger partial charge in [-0.3, -0.25) is 0 Å². The van der Waals surface area contributed by atoms with Crippen LogP contribution in [0.15, 0.2) is 47.6 Å². The minimum absolute atomic E-state index is 0.143.